The molecule has 0 fully saturated rings. The van der Waals surface area contributed by atoms with Crippen LogP contribution >= 0.6 is 0 Å². The van der Waals surface area contributed by atoms with Gasteiger partial charge in [-0.1, -0.05) is 48.5 Å². The number of fused-ring (bicyclic) bond motifs is 2. The van der Waals surface area contributed by atoms with Crippen molar-refractivity contribution in [3.63, 3.8) is 0 Å². The van der Waals surface area contributed by atoms with Crippen molar-refractivity contribution in [3.8, 4) is 0 Å². The largest absolute Gasteiger partial charge is 0.419 e. The van der Waals surface area contributed by atoms with E-state index in [9.17, 15) is 28.8 Å². The molecule has 2 aromatic carbocycles. The topological polar surface area (TPSA) is 121 Å². The number of ketones is 4. The Morgan fingerprint density at radius 2 is 0.906 bits per heavy atom. The van der Waals surface area contributed by atoms with E-state index in [1.807, 2.05) is 0 Å². The van der Waals surface area contributed by atoms with Crippen molar-refractivity contribution in [1.29, 1.82) is 0 Å². The second-order valence-corrected chi connectivity index (χ2v) is 6.67. The Bertz CT molecular complexity index is 1220. The van der Waals surface area contributed by atoms with Crippen molar-refractivity contribution >= 4 is 35.1 Å². The monoisotopic (exact) mass is 428 g/mol. The van der Waals surface area contributed by atoms with Crippen molar-refractivity contribution in [2.45, 2.75) is 0 Å². The van der Waals surface area contributed by atoms with Gasteiger partial charge in [-0.2, -0.15) is 0 Å². The molecule has 0 N–H and O–H groups in total. The Morgan fingerprint density at radius 3 is 1.28 bits per heavy atom. The van der Waals surface area contributed by atoms with Crippen LogP contribution in [0.15, 0.2) is 84.4 Å². The molecule has 2 aliphatic rings. The van der Waals surface area contributed by atoms with E-state index in [1.165, 1.54) is 24.3 Å². The fourth-order valence-corrected chi connectivity index (χ4v) is 3.15. The summed E-state index contributed by atoms with van der Waals surface area (Å²) in [5.74, 6) is -5.50. The van der Waals surface area contributed by atoms with E-state index < -0.39 is 46.6 Å². The summed E-state index contributed by atoms with van der Waals surface area (Å²) >= 11 is 0. The summed E-state index contributed by atoms with van der Waals surface area (Å²) in [6, 6.07) is 12.1. The Hall–Kier alpha value is -4.72. The second-order valence-electron chi connectivity index (χ2n) is 6.67. The Morgan fingerprint density at radius 1 is 0.562 bits per heavy atom. The first kappa shape index (κ1) is 20.5. The summed E-state index contributed by atoms with van der Waals surface area (Å²) in [4.78, 5) is 72.9. The number of carbonyl (C=O) groups excluding carboxylic acids is 6. The molecule has 2 aliphatic carbocycles. The fourth-order valence-electron chi connectivity index (χ4n) is 3.15. The molecule has 8 heteroatoms. The van der Waals surface area contributed by atoms with Gasteiger partial charge in [-0.05, 0) is 0 Å². The van der Waals surface area contributed by atoms with E-state index >= 15 is 0 Å². The summed E-state index contributed by atoms with van der Waals surface area (Å²) in [7, 11) is 0. The summed E-state index contributed by atoms with van der Waals surface area (Å²) in [6.07, 6.45) is 3.13. The van der Waals surface area contributed by atoms with E-state index in [-0.39, 0.29) is 22.3 Å². The maximum atomic E-state index is 12.4. The molecule has 0 aromatic heterocycles. The van der Waals surface area contributed by atoms with Crippen LogP contribution in [0.2, 0.25) is 0 Å². The van der Waals surface area contributed by atoms with E-state index in [0.29, 0.717) is 12.2 Å². The Kier molecular flexibility index (Phi) is 5.26. The number of hydrogen-bond donors (Lipinski definition) is 0. The van der Waals surface area contributed by atoms with Crippen molar-refractivity contribution in [2.24, 2.45) is 0 Å². The third-order valence-electron chi connectivity index (χ3n) is 4.62. The van der Waals surface area contributed by atoms with Gasteiger partial charge >= 0.3 is 11.9 Å². The number of esters is 2. The van der Waals surface area contributed by atoms with Crippen LogP contribution in [0.3, 0.4) is 0 Å². The molecule has 32 heavy (non-hydrogen) atoms. The predicted molar refractivity (Wildman–Crippen MR) is 108 cm³/mol. The van der Waals surface area contributed by atoms with Crippen LogP contribution in [-0.2, 0) is 19.1 Å². The molecule has 0 amide bonds. The van der Waals surface area contributed by atoms with Crippen LogP contribution < -0.4 is 0 Å². The maximum absolute atomic E-state index is 12.4. The van der Waals surface area contributed by atoms with Gasteiger partial charge in [-0.25, -0.2) is 9.59 Å². The van der Waals surface area contributed by atoms with Gasteiger partial charge in [0.05, 0.1) is 0 Å². The SMILES string of the molecule is O=C(/C=C/C(=O)OC1=CC(=O)c2ccccc2C1=O)OC1=CC(=O)c2ccccc2C1=O. The quantitative estimate of drug-likeness (QED) is 0.538. The first-order chi connectivity index (χ1) is 15.3. The van der Waals surface area contributed by atoms with Gasteiger partial charge in [0.2, 0.25) is 11.6 Å². The second kappa shape index (κ2) is 8.19. The van der Waals surface area contributed by atoms with Crippen LogP contribution in [0.5, 0.6) is 0 Å². The average Bonchev–Trinajstić information content (AvgIpc) is 2.79. The normalized spacial score (nSPS) is 15.0. The lowest BCUT2D eigenvalue weighted by molar-refractivity contribution is -0.136. The molecular formula is C24H12O8. The molecule has 0 atom stereocenters. The van der Waals surface area contributed by atoms with Gasteiger partial charge in [0.15, 0.2) is 23.1 Å². The molecule has 0 bridgehead atoms. The lowest BCUT2D eigenvalue weighted by Gasteiger charge is -2.14. The lowest BCUT2D eigenvalue weighted by Crippen LogP contribution is -2.21. The number of benzene rings is 2. The fraction of sp³-hybridized carbons (Fsp3) is 0. The van der Waals surface area contributed by atoms with Crippen molar-refractivity contribution in [1.82, 2.24) is 0 Å². The highest BCUT2D eigenvalue weighted by molar-refractivity contribution is 6.25. The number of carbonyl (C=O) groups is 6. The minimum atomic E-state index is -1.11. The van der Waals surface area contributed by atoms with Crippen LogP contribution in [0.1, 0.15) is 41.4 Å². The van der Waals surface area contributed by atoms with Crippen LogP contribution in [0, 0.1) is 0 Å². The molecule has 0 heterocycles. The molecular weight excluding hydrogens is 416 g/mol. The molecule has 8 nitrogen and oxygen atoms in total. The standard InChI is InChI=1S/C24H12O8/c25-17-11-19(23(29)15-7-3-1-5-13(15)17)31-21(27)9-10-22(28)32-20-12-18(26)14-6-2-4-8-16(14)24(20)30/h1-12H/b10-9+. The maximum Gasteiger partial charge on any atom is 0.336 e. The molecule has 0 radical (unpaired) electrons. The third kappa shape index (κ3) is 3.84. The first-order valence-corrected chi connectivity index (χ1v) is 9.26. The molecule has 4 rings (SSSR count). The molecule has 156 valence electrons. The van der Waals surface area contributed by atoms with Crippen molar-refractivity contribution < 1.29 is 38.2 Å². The Balaban J connectivity index is 1.41. The van der Waals surface area contributed by atoms with Gasteiger partial charge in [0, 0.05) is 46.6 Å². The number of rotatable bonds is 4. The smallest absolute Gasteiger partial charge is 0.336 e. The van der Waals surface area contributed by atoms with E-state index in [0.717, 1.165) is 12.2 Å². The molecule has 0 saturated carbocycles. The number of hydrogen-bond acceptors (Lipinski definition) is 8. The zero-order valence-corrected chi connectivity index (χ0v) is 16.2. The highest BCUT2D eigenvalue weighted by Crippen LogP contribution is 2.23. The molecule has 0 spiro atoms. The summed E-state index contributed by atoms with van der Waals surface area (Å²) < 4.78 is 9.75. The van der Waals surface area contributed by atoms with E-state index in [4.69, 9.17) is 9.47 Å². The van der Waals surface area contributed by atoms with E-state index in [1.54, 1.807) is 24.3 Å². The minimum Gasteiger partial charge on any atom is -0.419 e. The van der Waals surface area contributed by atoms with Crippen LogP contribution in [0.25, 0.3) is 0 Å². The zero-order chi connectivity index (χ0) is 22.8. The molecule has 2 aromatic rings. The first-order valence-electron chi connectivity index (χ1n) is 9.26. The van der Waals surface area contributed by atoms with Gasteiger partial charge in [-0.15, -0.1) is 0 Å². The molecule has 0 aliphatic heterocycles. The highest BCUT2D eigenvalue weighted by atomic mass is 16.5. The van der Waals surface area contributed by atoms with E-state index in [2.05, 4.69) is 0 Å². The number of ether oxygens (including phenoxy) is 2. The third-order valence-corrected chi connectivity index (χ3v) is 4.62. The van der Waals surface area contributed by atoms with Crippen LogP contribution in [-0.4, -0.2) is 35.1 Å². The van der Waals surface area contributed by atoms with Gasteiger partial charge in [0.1, 0.15) is 0 Å². The minimum absolute atomic E-state index is 0.0962. The lowest BCUT2D eigenvalue weighted by atomic mass is 9.94. The zero-order valence-electron chi connectivity index (χ0n) is 16.2. The van der Waals surface area contributed by atoms with Gasteiger partial charge in [-0.3, -0.25) is 19.2 Å². The van der Waals surface area contributed by atoms with Crippen LogP contribution in [0.4, 0.5) is 0 Å². The predicted octanol–water partition coefficient (Wildman–Crippen LogP) is 2.56. The number of allylic oxidation sites excluding steroid dienone is 4. The van der Waals surface area contributed by atoms with Gasteiger partial charge < -0.3 is 9.47 Å². The highest BCUT2D eigenvalue weighted by Gasteiger charge is 2.29. The summed E-state index contributed by atoms with van der Waals surface area (Å²) in [5.41, 5.74) is 0.577. The van der Waals surface area contributed by atoms with Crippen molar-refractivity contribution in [3.05, 3.63) is 107 Å². The van der Waals surface area contributed by atoms with Crippen molar-refractivity contribution in [2.75, 3.05) is 0 Å². The summed E-state index contributed by atoms with van der Waals surface area (Å²) in [6.45, 7) is 0. The molecule has 0 saturated heterocycles. The van der Waals surface area contributed by atoms with Gasteiger partial charge in [0.25, 0.3) is 0 Å². The molecule has 0 unspecified atom stereocenters. The average molecular weight is 428 g/mol. The Labute approximate surface area is 180 Å². The summed E-state index contributed by atoms with van der Waals surface area (Å²) in [5, 5.41) is 0. The number of Topliss-reactive ketones (excluding diaryl/α,β-unsaturated/α-hetero) is 2.